The number of nitrogens with one attached hydrogen (secondary N) is 1. The number of rotatable bonds is 4. The van der Waals surface area contributed by atoms with E-state index in [0.717, 1.165) is 18.5 Å². The molecule has 2 bridgehead atoms. The molecule has 4 fully saturated rings. The van der Waals surface area contributed by atoms with Crippen LogP contribution in [0.15, 0.2) is 23.8 Å². The highest BCUT2D eigenvalue weighted by molar-refractivity contribution is 8.56. The molecular formula is C24H30N10O10P2S. The zero-order chi connectivity index (χ0) is 33.0. The van der Waals surface area contributed by atoms with E-state index < -0.39 is 74.3 Å². The number of hydrogen-bond acceptors (Lipinski definition) is 18. The highest BCUT2D eigenvalue weighted by Gasteiger charge is 2.76. The molecule has 4 aromatic heterocycles. The van der Waals surface area contributed by atoms with Crippen LogP contribution in [0.25, 0.3) is 22.3 Å². The molecule has 4 aromatic rings. The number of aliphatic hydroxyl groups is 2. The number of phosphoric acid groups is 1. The molecule has 2 saturated carbocycles. The molecule has 47 heavy (non-hydrogen) atoms. The molecule has 7 N–H and O–H groups in total. The molecule has 2 saturated heterocycles. The second kappa shape index (κ2) is 10.8. The van der Waals surface area contributed by atoms with Crippen molar-refractivity contribution in [3.8, 4) is 0 Å². The van der Waals surface area contributed by atoms with Crippen molar-refractivity contribution in [1.82, 2.24) is 39.0 Å². The summed E-state index contributed by atoms with van der Waals surface area (Å²) >= 11 is 0.947. The quantitative estimate of drug-likeness (QED) is 0.179. The van der Waals surface area contributed by atoms with Gasteiger partial charge < -0.3 is 35.5 Å². The van der Waals surface area contributed by atoms with Crippen molar-refractivity contribution in [2.45, 2.75) is 48.8 Å². The van der Waals surface area contributed by atoms with E-state index in [0.29, 0.717) is 17.6 Å². The molecule has 2 aliphatic heterocycles. The summed E-state index contributed by atoms with van der Waals surface area (Å²) in [5.74, 6) is -0.356. The van der Waals surface area contributed by atoms with Crippen molar-refractivity contribution in [3.63, 3.8) is 0 Å². The van der Waals surface area contributed by atoms with E-state index in [4.69, 9.17) is 34.3 Å². The van der Waals surface area contributed by atoms with Crippen LogP contribution in [0.5, 0.6) is 0 Å². The first-order chi connectivity index (χ1) is 22.4. The van der Waals surface area contributed by atoms with Crippen molar-refractivity contribution < 1.29 is 42.2 Å². The van der Waals surface area contributed by atoms with Gasteiger partial charge in [-0.3, -0.25) is 32.5 Å². The fourth-order valence-corrected chi connectivity index (χ4v) is 13.1. The molecule has 0 radical (unpaired) electrons. The first-order valence-corrected chi connectivity index (χ1v) is 19.4. The van der Waals surface area contributed by atoms with Gasteiger partial charge in [0.1, 0.15) is 30.2 Å². The van der Waals surface area contributed by atoms with E-state index in [1.54, 1.807) is 10.8 Å². The number of phosphoric ester groups is 1. The second-order valence-electron chi connectivity index (χ2n) is 11.9. The minimum absolute atomic E-state index is 0.00773. The minimum Gasteiger partial charge on any atom is -0.390 e. The number of aliphatic hydroxyl groups excluding tert-OH is 2. The van der Waals surface area contributed by atoms with Gasteiger partial charge >= 0.3 is 7.82 Å². The molecule has 0 amide bonds. The molecule has 252 valence electrons. The highest BCUT2D eigenvalue weighted by Crippen LogP contribution is 2.81. The Morgan fingerprint density at radius 2 is 1.85 bits per heavy atom. The summed E-state index contributed by atoms with van der Waals surface area (Å²) in [4.78, 5) is 35.7. The average Bonchev–Trinajstić information content (AvgIpc) is 3.36. The molecule has 6 heterocycles. The van der Waals surface area contributed by atoms with E-state index in [1.807, 2.05) is 0 Å². The molecule has 1 spiro atoms. The number of H-pyrrole nitrogens is 1. The van der Waals surface area contributed by atoms with Crippen LogP contribution in [0.3, 0.4) is 0 Å². The van der Waals surface area contributed by atoms with Crippen LogP contribution in [0.1, 0.15) is 18.7 Å². The Kier molecular flexibility index (Phi) is 7.17. The lowest BCUT2D eigenvalue weighted by molar-refractivity contribution is -0.0476. The number of nitrogens with two attached hydrogens (primary N) is 2. The number of hydrogen-bond donors (Lipinski definition) is 5. The fraction of sp³-hybridized carbons (Fsp3) is 0.583. The second-order valence-corrected chi connectivity index (χ2v) is 18.5. The molecule has 2 aliphatic carbocycles. The third-order valence-electron chi connectivity index (χ3n) is 9.58. The van der Waals surface area contributed by atoms with Crippen LogP contribution in [0.4, 0.5) is 11.8 Å². The molecule has 23 heteroatoms. The predicted molar refractivity (Wildman–Crippen MR) is 164 cm³/mol. The van der Waals surface area contributed by atoms with Crippen LogP contribution in [0.2, 0.25) is 0 Å². The predicted octanol–water partition coefficient (Wildman–Crippen LogP) is 0.415. The Hall–Kier alpha value is -2.97. The smallest absolute Gasteiger partial charge is 0.390 e. The molecule has 8 rings (SSSR count). The number of anilines is 2. The summed E-state index contributed by atoms with van der Waals surface area (Å²) in [6, 6.07) is -0.666. The molecule has 4 aliphatic rings. The first kappa shape index (κ1) is 31.3. The Morgan fingerprint density at radius 1 is 1.09 bits per heavy atom. The Labute approximate surface area is 268 Å². The number of aromatic amines is 1. The van der Waals surface area contributed by atoms with Crippen molar-refractivity contribution in [2.75, 3.05) is 38.0 Å². The average molecular weight is 713 g/mol. The van der Waals surface area contributed by atoms with Crippen LogP contribution in [0, 0.1) is 11.3 Å². The maximum atomic E-state index is 14.8. The van der Waals surface area contributed by atoms with Crippen LogP contribution in [-0.4, -0.2) is 106 Å². The number of nitrogen functional groups attached to an aromatic ring is 2. The summed E-state index contributed by atoms with van der Waals surface area (Å²) < 4.78 is 61.2. The van der Waals surface area contributed by atoms with Crippen molar-refractivity contribution in [2.24, 2.45) is 11.3 Å². The summed E-state index contributed by atoms with van der Waals surface area (Å²) in [5, 5.41) is 23.3. The standard InChI is InChI=1S/C24H30N10O10P2S/c1-40-46(39)42-5-24-3-9(24)13(33-7-29-11-18(25)27-6-28-19(11)33)15(36)17(24)45(38,47-2)41-4-10-14(35)16(44-46)22(43-10)34-8-30-12-20(34)31-23(26)32-21(12)37/h6-10,13-17,22,35-36H,3-5H2,1-2H3,(H2,25,27,28)(H3,26,31,32,37)/t9-,10-,13-,14-,15+,16-,17+,22-,24?,45+,46-/m1/s1. The number of nitrogens with zero attached hydrogens (tertiary/aromatic N) is 7. The third kappa shape index (κ3) is 4.56. The lowest BCUT2D eigenvalue weighted by atomic mass is 10.0. The van der Waals surface area contributed by atoms with Gasteiger partial charge in [0.25, 0.3) is 12.1 Å². The summed E-state index contributed by atoms with van der Waals surface area (Å²) in [6.45, 7) is -4.53. The minimum atomic E-state index is -4.47. The first-order valence-electron chi connectivity index (χ1n) is 14.4. The number of imidazole rings is 2. The van der Waals surface area contributed by atoms with Gasteiger partial charge in [0.2, 0.25) is 5.95 Å². The normalized spacial score (nSPS) is 40.2. The molecule has 1 unspecified atom stereocenters. The summed E-state index contributed by atoms with van der Waals surface area (Å²) in [6.07, 6.45) is -0.610. The highest BCUT2D eigenvalue weighted by atomic mass is 32.7. The van der Waals surface area contributed by atoms with E-state index in [1.165, 1.54) is 23.5 Å². The van der Waals surface area contributed by atoms with Gasteiger partial charge in [-0.2, -0.15) is 4.98 Å². The molecular weight excluding hydrogens is 682 g/mol. The number of aromatic nitrogens is 8. The molecule has 11 atom stereocenters. The zero-order valence-electron chi connectivity index (χ0n) is 24.7. The Bertz CT molecular complexity index is 2060. The number of ether oxygens (including phenoxy) is 1. The van der Waals surface area contributed by atoms with Crippen LogP contribution < -0.4 is 17.0 Å². The van der Waals surface area contributed by atoms with E-state index in [-0.39, 0.29) is 35.5 Å². The maximum Gasteiger partial charge on any atom is 0.475 e. The van der Waals surface area contributed by atoms with Crippen molar-refractivity contribution in [1.29, 1.82) is 0 Å². The maximum absolute atomic E-state index is 14.8. The molecule has 0 aromatic carbocycles. The Morgan fingerprint density at radius 3 is 2.62 bits per heavy atom. The summed E-state index contributed by atoms with van der Waals surface area (Å²) in [7, 11) is -3.35. The van der Waals surface area contributed by atoms with Crippen LogP contribution in [-0.2, 0) is 32.0 Å². The lowest BCUT2D eigenvalue weighted by Gasteiger charge is -2.35. The largest absolute Gasteiger partial charge is 0.475 e. The van der Waals surface area contributed by atoms with E-state index in [9.17, 15) is 24.1 Å². The monoisotopic (exact) mass is 712 g/mol. The summed E-state index contributed by atoms with van der Waals surface area (Å²) in [5.41, 5.74) is 9.85. The Balaban J connectivity index is 1.19. The van der Waals surface area contributed by atoms with Gasteiger partial charge in [0.15, 0.2) is 28.9 Å². The van der Waals surface area contributed by atoms with E-state index in [2.05, 4.69) is 29.9 Å². The third-order valence-corrected chi connectivity index (χ3v) is 16.0. The van der Waals surface area contributed by atoms with Gasteiger partial charge in [0, 0.05) is 12.5 Å². The molecule has 20 nitrogen and oxygen atoms in total. The number of fused-ring (bicyclic) bond motifs is 4. The van der Waals surface area contributed by atoms with E-state index >= 15 is 0 Å². The van der Waals surface area contributed by atoms with Gasteiger partial charge in [-0.05, 0) is 18.6 Å². The zero-order valence-corrected chi connectivity index (χ0v) is 27.3. The van der Waals surface area contributed by atoms with Gasteiger partial charge in [-0.1, -0.05) is 11.4 Å². The van der Waals surface area contributed by atoms with Gasteiger partial charge in [-0.15, -0.1) is 0 Å². The van der Waals surface area contributed by atoms with Crippen molar-refractivity contribution >= 4 is 59.9 Å². The van der Waals surface area contributed by atoms with Gasteiger partial charge in [0.05, 0.1) is 43.7 Å². The topological polar surface area (TPSA) is 280 Å². The fourth-order valence-electron chi connectivity index (χ4n) is 7.34. The van der Waals surface area contributed by atoms with Gasteiger partial charge in [-0.25, -0.2) is 24.5 Å². The van der Waals surface area contributed by atoms with Crippen molar-refractivity contribution in [3.05, 3.63) is 29.3 Å². The van der Waals surface area contributed by atoms with Crippen LogP contribution >= 0.6 is 25.8 Å². The SMILES string of the molecule is CO[P@]1(=O)OCC23C[C@@H]2[C@@H](n2cnc4c(N)ncnc42)[C@H](O)[C@@H]3[P@@](=O)(SC)OC[C@H]2O[C@@H](n3cnc4c(=O)[nH]c(N)nc43)[C@H](O1)[C@@H]2O. The lowest BCUT2D eigenvalue weighted by Crippen LogP contribution is -2.39.